The Labute approximate surface area is 161 Å². The summed E-state index contributed by atoms with van der Waals surface area (Å²) >= 11 is 3.18. The number of sulfonamides is 1. The highest BCUT2D eigenvalue weighted by Gasteiger charge is 2.12. The molecule has 0 aliphatic heterocycles. The van der Waals surface area contributed by atoms with Gasteiger partial charge < -0.3 is 4.74 Å². The molecule has 8 heteroatoms. The number of thiazole rings is 1. The van der Waals surface area contributed by atoms with Crippen LogP contribution in [0.1, 0.15) is 12.0 Å². The van der Waals surface area contributed by atoms with Gasteiger partial charge in [-0.2, -0.15) is 0 Å². The number of nitrogens with zero attached hydrogens (tertiary/aromatic N) is 1. The standard InChI is InChI=1S/C18H20N2O3S3/c1-13-6-3-4-7-15(13)20-26(21,22)11-5-10-24-18-19-16-9-8-14(23-2)12-17(16)25-18/h3-4,6-9,12,20H,5,10-11H2,1-2H3. The number of thioether (sulfide) groups is 1. The summed E-state index contributed by atoms with van der Waals surface area (Å²) in [5.74, 6) is 1.60. The highest BCUT2D eigenvalue weighted by Crippen LogP contribution is 2.32. The summed E-state index contributed by atoms with van der Waals surface area (Å²) in [6.07, 6.45) is 0.561. The summed E-state index contributed by atoms with van der Waals surface area (Å²) < 4.78 is 34.3. The zero-order valence-corrected chi connectivity index (χ0v) is 17.0. The van der Waals surface area contributed by atoms with E-state index in [1.54, 1.807) is 36.3 Å². The molecule has 1 aromatic heterocycles. The molecular formula is C18H20N2O3S3. The SMILES string of the molecule is COc1ccc2nc(SCCCS(=O)(=O)Nc3ccccc3C)sc2c1. The molecule has 0 saturated heterocycles. The molecule has 0 aliphatic rings. The molecule has 0 amide bonds. The Morgan fingerprint density at radius 3 is 2.81 bits per heavy atom. The van der Waals surface area contributed by atoms with Crippen molar-refractivity contribution in [3.8, 4) is 5.75 Å². The van der Waals surface area contributed by atoms with E-state index < -0.39 is 10.0 Å². The molecule has 1 heterocycles. The summed E-state index contributed by atoms with van der Waals surface area (Å²) in [6, 6.07) is 13.2. The van der Waals surface area contributed by atoms with Crippen LogP contribution < -0.4 is 9.46 Å². The van der Waals surface area contributed by atoms with Crippen molar-refractivity contribution < 1.29 is 13.2 Å². The predicted octanol–water partition coefficient (Wildman–Crippen LogP) is 4.54. The van der Waals surface area contributed by atoms with Gasteiger partial charge >= 0.3 is 0 Å². The van der Waals surface area contributed by atoms with Gasteiger partial charge in [0.1, 0.15) is 5.75 Å². The van der Waals surface area contributed by atoms with E-state index in [0.29, 0.717) is 17.9 Å². The Morgan fingerprint density at radius 1 is 1.23 bits per heavy atom. The highest BCUT2D eigenvalue weighted by atomic mass is 32.2. The van der Waals surface area contributed by atoms with Gasteiger partial charge in [-0.1, -0.05) is 30.0 Å². The Balaban J connectivity index is 1.52. The van der Waals surface area contributed by atoms with Crippen molar-refractivity contribution in [1.29, 1.82) is 0 Å². The Bertz CT molecular complexity index is 1000. The van der Waals surface area contributed by atoms with E-state index in [4.69, 9.17) is 4.74 Å². The van der Waals surface area contributed by atoms with Crippen LogP contribution in [0.4, 0.5) is 5.69 Å². The third kappa shape index (κ3) is 4.90. The van der Waals surface area contributed by atoms with E-state index in [0.717, 1.165) is 25.9 Å². The first kappa shape index (κ1) is 19.0. The Hall–Kier alpha value is -1.77. The van der Waals surface area contributed by atoms with Gasteiger partial charge in [0.25, 0.3) is 0 Å². The second-order valence-electron chi connectivity index (χ2n) is 5.75. The number of rotatable bonds is 8. The van der Waals surface area contributed by atoms with Gasteiger partial charge in [0, 0.05) is 5.75 Å². The van der Waals surface area contributed by atoms with Crippen molar-refractivity contribution >= 4 is 49.0 Å². The van der Waals surface area contributed by atoms with Gasteiger partial charge in [0.15, 0.2) is 4.34 Å². The molecule has 0 fully saturated rings. The first-order valence-corrected chi connectivity index (χ1v) is 11.6. The maximum absolute atomic E-state index is 12.2. The van der Waals surface area contributed by atoms with E-state index in [1.807, 2.05) is 43.3 Å². The molecule has 0 spiro atoms. The molecular weight excluding hydrogens is 388 g/mol. The van der Waals surface area contributed by atoms with Gasteiger partial charge in [-0.25, -0.2) is 13.4 Å². The Kier molecular flexibility index (Phi) is 6.05. The van der Waals surface area contributed by atoms with Crippen LogP contribution in [0.15, 0.2) is 46.8 Å². The number of aryl methyl sites for hydroxylation is 1. The van der Waals surface area contributed by atoms with Crippen LogP contribution in [-0.2, 0) is 10.0 Å². The third-order valence-electron chi connectivity index (χ3n) is 3.77. The number of methoxy groups -OCH3 is 1. The molecule has 0 bridgehead atoms. The van der Waals surface area contributed by atoms with Crippen molar-refractivity contribution in [1.82, 2.24) is 4.98 Å². The summed E-state index contributed by atoms with van der Waals surface area (Å²) in [6.45, 7) is 1.88. The second kappa shape index (κ2) is 8.28. The average molecular weight is 409 g/mol. The first-order valence-electron chi connectivity index (χ1n) is 8.10. The van der Waals surface area contributed by atoms with Crippen molar-refractivity contribution in [2.45, 2.75) is 17.7 Å². The second-order valence-corrected chi connectivity index (χ2v) is 9.97. The monoisotopic (exact) mass is 408 g/mol. The lowest BCUT2D eigenvalue weighted by molar-refractivity contribution is 0.415. The average Bonchev–Trinajstić information content (AvgIpc) is 3.02. The van der Waals surface area contributed by atoms with E-state index in [1.165, 1.54) is 0 Å². The number of anilines is 1. The van der Waals surface area contributed by atoms with E-state index in [9.17, 15) is 8.42 Å². The number of para-hydroxylation sites is 1. The van der Waals surface area contributed by atoms with Crippen LogP contribution >= 0.6 is 23.1 Å². The zero-order chi connectivity index (χ0) is 18.6. The lowest BCUT2D eigenvalue weighted by atomic mass is 10.2. The van der Waals surface area contributed by atoms with E-state index in [-0.39, 0.29) is 5.75 Å². The summed E-state index contributed by atoms with van der Waals surface area (Å²) in [5, 5.41) is 0. The van der Waals surface area contributed by atoms with Crippen molar-refractivity contribution in [2.75, 3.05) is 23.3 Å². The maximum Gasteiger partial charge on any atom is 0.232 e. The largest absolute Gasteiger partial charge is 0.497 e. The van der Waals surface area contributed by atoms with Gasteiger partial charge in [-0.05, 0) is 43.2 Å². The van der Waals surface area contributed by atoms with Gasteiger partial charge in [-0.3, -0.25) is 4.72 Å². The summed E-state index contributed by atoms with van der Waals surface area (Å²) in [5.41, 5.74) is 2.49. The quantitative estimate of drug-likeness (QED) is 0.438. The highest BCUT2D eigenvalue weighted by molar-refractivity contribution is 8.01. The topological polar surface area (TPSA) is 68.3 Å². The molecule has 0 aliphatic carbocycles. The number of benzene rings is 2. The van der Waals surface area contributed by atoms with Crippen LogP contribution in [0.2, 0.25) is 0 Å². The number of hydrogen-bond donors (Lipinski definition) is 1. The summed E-state index contributed by atoms with van der Waals surface area (Å²) in [4.78, 5) is 4.56. The number of fused-ring (bicyclic) bond motifs is 1. The molecule has 0 radical (unpaired) electrons. The molecule has 3 rings (SSSR count). The van der Waals surface area contributed by atoms with Crippen molar-refractivity contribution in [3.05, 3.63) is 48.0 Å². The molecule has 138 valence electrons. The van der Waals surface area contributed by atoms with Crippen LogP contribution in [0.5, 0.6) is 5.75 Å². The van der Waals surface area contributed by atoms with Gasteiger partial charge in [-0.15, -0.1) is 11.3 Å². The molecule has 1 N–H and O–H groups in total. The van der Waals surface area contributed by atoms with E-state index in [2.05, 4.69) is 9.71 Å². The number of hydrogen-bond acceptors (Lipinski definition) is 6. The van der Waals surface area contributed by atoms with Crippen LogP contribution in [0, 0.1) is 6.92 Å². The first-order chi connectivity index (χ1) is 12.5. The molecule has 0 saturated carbocycles. The summed E-state index contributed by atoms with van der Waals surface area (Å²) in [7, 11) is -1.70. The molecule has 3 aromatic rings. The minimum Gasteiger partial charge on any atom is -0.497 e. The smallest absolute Gasteiger partial charge is 0.232 e. The minimum absolute atomic E-state index is 0.0903. The minimum atomic E-state index is -3.34. The van der Waals surface area contributed by atoms with Gasteiger partial charge in [0.05, 0.1) is 28.8 Å². The van der Waals surface area contributed by atoms with E-state index >= 15 is 0 Å². The maximum atomic E-state index is 12.2. The fraction of sp³-hybridized carbons (Fsp3) is 0.278. The van der Waals surface area contributed by atoms with Crippen molar-refractivity contribution in [2.24, 2.45) is 0 Å². The molecule has 26 heavy (non-hydrogen) atoms. The fourth-order valence-electron chi connectivity index (χ4n) is 2.39. The third-order valence-corrected chi connectivity index (χ3v) is 7.37. The van der Waals surface area contributed by atoms with Crippen molar-refractivity contribution in [3.63, 3.8) is 0 Å². The molecule has 0 atom stereocenters. The van der Waals surface area contributed by atoms with Crippen LogP contribution in [0.25, 0.3) is 10.2 Å². The molecule has 5 nitrogen and oxygen atoms in total. The normalized spacial score (nSPS) is 11.6. The number of aromatic nitrogens is 1. The number of nitrogens with one attached hydrogen (secondary N) is 1. The predicted molar refractivity (Wildman–Crippen MR) is 110 cm³/mol. The lowest BCUT2D eigenvalue weighted by Gasteiger charge is -2.09. The molecule has 2 aromatic carbocycles. The fourth-order valence-corrected chi connectivity index (χ4v) is 5.87. The van der Waals surface area contributed by atoms with Crippen LogP contribution in [0.3, 0.4) is 0 Å². The zero-order valence-electron chi connectivity index (χ0n) is 14.6. The Morgan fingerprint density at radius 2 is 2.04 bits per heavy atom. The lowest BCUT2D eigenvalue weighted by Crippen LogP contribution is -2.17. The van der Waals surface area contributed by atoms with Gasteiger partial charge in [0.2, 0.25) is 10.0 Å². The van der Waals surface area contributed by atoms with Crippen LogP contribution in [-0.4, -0.2) is 32.0 Å². The number of ether oxygens (including phenoxy) is 1. The molecule has 0 unspecified atom stereocenters.